The smallest absolute Gasteiger partial charge is 0.260 e. The lowest BCUT2D eigenvalue weighted by atomic mass is 9.87. The first kappa shape index (κ1) is 18.3. The molecule has 132 valence electrons. The monoisotopic (exact) mass is 333 g/mol. The van der Waals surface area contributed by atoms with Crippen molar-refractivity contribution < 1.29 is 14.3 Å². The molecule has 0 aliphatic carbocycles. The fraction of sp³-hybridized carbons (Fsp3) is 0.556. The summed E-state index contributed by atoms with van der Waals surface area (Å²) in [6.07, 6.45) is 1.55. The molecule has 1 atom stereocenters. The van der Waals surface area contributed by atoms with E-state index in [-0.39, 0.29) is 29.8 Å². The Hall–Kier alpha value is -2.08. The number of hydrogen-bond acceptors (Lipinski definition) is 4. The van der Waals surface area contributed by atoms with Gasteiger partial charge in [0, 0.05) is 13.1 Å². The molecule has 0 spiro atoms. The van der Waals surface area contributed by atoms with E-state index in [0.717, 1.165) is 12.8 Å². The maximum absolute atomic E-state index is 12.3. The van der Waals surface area contributed by atoms with Crippen LogP contribution in [0.5, 0.6) is 5.75 Å². The Morgan fingerprint density at radius 2 is 1.96 bits per heavy atom. The van der Waals surface area contributed by atoms with E-state index in [9.17, 15) is 9.59 Å². The second-order valence-electron chi connectivity index (χ2n) is 7.25. The van der Waals surface area contributed by atoms with Gasteiger partial charge in [-0.2, -0.15) is 0 Å². The highest BCUT2D eigenvalue weighted by atomic mass is 16.5. The van der Waals surface area contributed by atoms with E-state index < -0.39 is 0 Å². The van der Waals surface area contributed by atoms with Crippen LogP contribution in [0.1, 0.15) is 39.2 Å². The van der Waals surface area contributed by atoms with E-state index >= 15 is 0 Å². The van der Waals surface area contributed by atoms with Gasteiger partial charge in [-0.1, -0.05) is 32.9 Å². The number of ether oxygens (including phenoxy) is 1. The largest absolute Gasteiger partial charge is 0.484 e. The molecule has 2 rings (SSSR count). The first-order chi connectivity index (χ1) is 11.3. The number of piperidine rings is 1. The molecule has 6 nitrogen and oxygen atoms in total. The number of nitrogens with zero attached hydrogens (tertiary/aromatic N) is 1. The molecule has 1 aromatic rings. The minimum absolute atomic E-state index is 0.0220. The van der Waals surface area contributed by atoms with Gasteiger partial charge >= 0.3 is 0 Å². The maximum atomic E-state index is 12.3. The highest BCUT2D eigenvalue weighted by molar-refractivity contribution is 5.81. The molecular formula is C18H27N3O3. The lowest BCUT2D eigenvalue weighted by Crippen LogP contribution is -2.48. The van der Waals surface area contributed by atoms with Gasteiger partial charge in [0.05, 0.1) is 5.92 Å². The van der Waals surface area contributed by atoms with Crippen LogP contribution in [0.4, 0.5) is 0 Å². The van der Waals surface area contributed by atoms with Gasteiger partial charge in [0.2, 0.25) is 5.91 Å². The topological polar surface area (TPSA) is 84.7 Å². The average molecular weight is 333 g/mol. The zero-order valence-electron chi connectivity index (χ0n) is 14.7. The highest BCUT2D eigenvalue weighted by Gasteiger charge is 2.28. The number of nitrogens with one attached hydrogen (secondary N) is 1. The summed E-state index contributed by atoms with van der Waals surface area (Å²) in [5.41, 5.74) is 3.46. The van der Waals surface area contributed by atoms with E-state index in [0.29, 0.717) is 18.8 Å². The minimum Gasteiger partial charge on any atom is -0.484 e. The second kappa shape index (κ2) is 7.66. The van der Waals surface area contributed by atoms with Crippen molar-refractivity contribution in [1.29, 1.82) is 0 Å². The third kappa shape index (κ3) is 4.71. The molecule has 0 saturated carbocycles. The number of rotatable bonds is 4. The van der Waals surface area contributed by atoms with Crippen LogP contribution in [-0.4, -0.2) is 36.4 Å². The Balaban J connectivity index is 1.87. The van der Waals surface area contributed by atoms with Gasteiger partial charge in [-0.25, -0.2) is 5.84 Å². The number of likely N-dealkylation sites (tertiary alicyclic amines) is 1. The van der Waals surface area contributed by atoms with Gasteiger partial charge in [0.1, 0.15) is 5.75 Å². The van der Waals surface area contributed by atoms with E-state index in [1.54, 1.807) is 4.90 Å². The van der Waals surface area contributed by atoms with Crippen molar-refractivity contribution >= 4 is 11.8 Å². The number of nitrogens with two attached hydrogens (primary N) is 1. The van der Waals surface area contributed by atoms with E-state index in [1.807, 2.05) is 24.3 Å². The Labute approximate surface area is 143 Å². The summed E-state index contributed by atoms with van der Waals surface area (Å²) in [5, 5.41) is 0. The molecule has 0 aromatic heterocycles. The van der Waals surface area contributed by atoms with Crippen LogP contribution in [-0.2, 0) is 15.0 Å². The van der Waals surface area contributed by atoms with Crippen molar-refractivity contribution in [1.82, 2.24) is 10.3 Å². The molecule has 2 amide bonds. The van der Waals surface area contributed by atoms with Gasteiger partial charge in [-0.15, -0.1) is 0 Å². The van der Waals surface area contributed by atoms with Crippen LogP contribution in [0.25, 0.3) is 0 Å². The normalized spacial score (nSPS) is 18.2. The number of hydrogen-bond donors (Lipinski definition) is 2. The van der Waals surface area contributed by atoms with Crippen LogP contribution in [0.2, 0.25) is 0 Å². The van der Waals surface area contributed by atoms with E-state index in [4.69, 9.17) is 10.6 Å². The van der Waals surface area contributed by atoms with E-state index in [1.165, 1.54) is 5.56 Å². The third-order valence-electron chi connectivity index (χ3n) is 4.37. The summed E-state index contributed by atoms with van der Waals surface area (Å²) >= 11 is 0. The molecule has 6 heteroatoms. The molecule has 1 aromatic carbocycles. The molecule has 3 N–H and O–H groups in total. The van der Waals surface area contributed by atoms with Crippen LogP contribution >= 0.6 is 0 Å². The summed E-state index contributed by atoms with van der Waals surface area (Å²) in [6.45, 7) is 7.48. The van der Waals surface area contributed by atoms with Gasteiger partial charge in [-0.3, -0.25) is 15.0 Å². The number of amides is 2. The lowest BCUT2D eigenvalue weighted by Gasteiger charge is -2.31. The summed E-state index contributed by atoms with van der Waals surface area (Å²) in [7, 11) is 0. The molecular weight excluding hydrogens is 306 g/mol. The van der Waals surface area contributed by atoms with Gasteiger partial charge in [0.25, 0.3) is 5.91 Å². The van der Waals surface area contributed by atoms with Crippen LogP contribution in [0.15, 0.2) is 24.3 Å². The Morgan fingerprint density at radius 1 is 1.29 bits per heavy atom. The second-order valence-corrected chi connectivity index (χ2v) is 7.25. The van der Waals surface area contributed by atoms with Gasteiger partial charge < -0.3 is 9.64 Å². The predicted molar refractivity (Wildman–Crippen MR) is 92.3 cm³/mol. The number of carbonyl (C=O) groups excluding carboxylic acids is 2. The van der Waals surface area contributed by atoms with Crippen molar-refractivity contribution in [3.63, 3.8) is 0 Å². The van der Waals surface area contributed by atoms with Crippen LogP contribution in [0.3, 0.4) is 0 Å². The predicted octanol–water partition coefficient (Wildman–Crippen LogP) is 1.59. The van der Waals surface area contributed by atoms with Crippen molar-refractivity contribution in [2.75, 3.05) is 19.7 Å². The number of hydrazine groups is 1. The summed E-state index contributed by atoms with van der Waals surface area (Å²) in [6, 6.07) is 7.80. The van der Waals surface area contributed by atoms with Crippen LogP contribution < -0.4 is 16.0 Å². The summed E-state index contributed by atoms with van der Waals surface area (Å²) in [4.78, 5) is 25.6. The Bertz CT molecular complexity index is 578. The van der Waals surface area contributed by atoms with Gasteiger partial charge in [-0.05, 0) is 36.0 Å². The lowest BCUT2D eigenvalue weighted by molar-refractivity contribution is -0.137. The quantitative estimate of drug-likeness (QED) is 0.498. The maximum Gasteiger partial charge on any atom is 0.260 e. The zero-order valence-corrected chi connectivity index (χ0v) is 14.7. The van der Waals surface area contributed by atoms with E-state index in [2.05, 4.69) is 26.2 Å². The molecule has 0 radical (unpaired) electrons. The van der Waals surface area contributed by atoms with Crippen LogP contribution in [0, 0.1) is 5.92 Å². The molecule has 1 unspecified atom stereocenters. The third-order valence-corrected chi connectivity index (χ3v) is 4.37. The fourth-order valence-corrected chi connectivity index (χ4v) is 2.82. The fourth-order valence-electron chi connectivity index (χ4n) is 2.82. The SMILES string of the molecule is CC(C)(C)c1ccc(OCC(=O)N2CCCC(C(=O)NN)C2)cc1. The molecule has 1 aliphatic heterocycles. The zero-order chi connectivity index (χ0) is 17.7. The van der Waals surface area contributed by atoms with Crippen molar-refractivity contribution in [3.8, 4) is 5.75 Å². The number of carbonyl (C=O) groups is 2. The summed E-state index contributed by atoms with van der Waals surface area (Å²) in [5.74, 6) is 5.28. The van der Waals surface area contributed by atoms with Gasteiger partial charge in [0.15, 0.2) is 6.61 Å². The molecule has 24 heavy (non-hydrogen) atoms. The minimum atomic E-state index is -0.237. The molecule has 1 saturated heterocycles. The highest BCUT2D eigenvalue weighted by Crippen LogP contribution is 2.24. The first-order valence-electron chi connectivity index (χ1n) is 8.33. The van der Waals surface area contributed by atoms with Crippen molar-refractivity contribution in [2.45, 2.75) is 39.0 Å². The average Bonchev–Trinajstić information content (AvgIpc) is 2.58. The molecule has 1 fully saturated rings. The van der Waals surface area contributed by atoms with Crippen molar-refractivity contribution in [3.05, 3.63) is 29.8 Å². The summed E-state index contributed by atoms with van der Waals surface area (Å²) < 4.78 is 5.59. The standard InChI is InChI=1S/C18H27N3O3/c1-18(2,3)14-6-8-15(9-7-14)24-12-16(22)21-10-4-5-13(11-21)17(23)20-19/h6-9,13H,4-5,10-12,19H2,1-3H3,(H,20,23). The molecule has 0 bridgehead atoms. The first-order valence-corrected chi connectivity index (χ1v) is 8.33. The molecule has 1 heterocycles. The van der Waals surface area contributed by atoms with Crippen molar-refractivity contribution in [2.24, 2.45) is 11.8 Å². The Kier molecular flexibility index (Phi) is 5.83. The number of benzene rings is 1. The molecule has 1 aliphatic rings. The Morgan fingerprint density at radius 3 is 2.54 bits per heavy atom.